The summed E-state index contributed by atoms with van der Waals surface area (Å²) in [6, 6.07) is 12.9. The highest BCUT2D eigenvalue weighted by Crippen LogP contribution is 2.26. The molecule has 3 amide bonds. The first-order chi connectivity index (χ1) is 11.3. The number of rotatable bonds is 2. The molecule has 0 fully saturated rings. The number of hydrogen-bond acceptors (Lipinski definition) is 2. The predicted octanol–water partition coefficient (Wildman–Crippen LogP) is 4.12. The van der Waals surface area contributed by atoms with Crippen LogP contribution in [-0.4, -0.2) is 11.9 Å². The van der Waals surface area contributed by atoms with Crippen molar-refractivity contribution in [2.75, 3.05) is 16.0 Å². The van der Waals surface area contributed by atoms with Gasteiger partial charge in [-0.25, -0.2) is 4.79 Å². The van der Waals surface area contributed by atoms with Crippen LogP contribution in [0.1, 0.15) is 31.9 Å². The van der Waals surface area contributed by atoms with Crippen LogP contribution < -0.4 is 16.0 Å². The molecule has 0 atom stereocenters. The van der Waals surface area contributed by atoms with Gasteiger partial charge < -0.3 is 16.0 Å². The predicted molar refractivity (Wildman–Crippen MR) is 96.6 cm³/mol. The van der Waals surface area contributed by atoms with Gasteiger partial charge in [-0.15, -0.1) is 0 Å². The van der Waals surface area contributed by atoms with E-state index in [1.165, 1.54) is 5.56 Å². The van der Waals surface area contributed by atoms with Gasteiger partial charge in [0.2, 0.25) is 5.91 Å². The highest BCUT2D eigenvalue weighted by molar-refractivity contribution is 6.02. The molecule has 0 aromatic heterocycles. The van der Waals surface area contributed by atoms with E-state index < -0.39 is 0 Å². The van der Waals surface area contributed by atoms with E-state index in [2.05, 4.69) is 36.7 Å². The molecule has 5 nitrogen and oxygen atoms in total. The van der Waals surface area contributed by atoms with Crippen LogP contribution in [-0.2, 0) is 16.6 Å². The zero-order valence-electron chi connectivity index (χ0n) is 14.1. The molecule has 2 aromatic carbocycles. The second-order valence-corrected chi connectivity index (χ2v) is 7.00. The number of hydrogen-bond donors (Lipinski definition) is 3. The van der Waals surface area contributed by atoms with Crippen LogP contribution in [0.25, 0.3) is 0 Å². The minimum atomic E-state index is -0.309. The Kier molecular flexibility index (Phi) is 4.01. The Morgan fingerprint density at radius 2 is 1.62 bits per heavy atom. The van der Waals surface area contributed by atoms with Gasteiger partial charge in [-0.2, -0.15) is 0 Å². The van der Waals surface area contributed by atoms with Crippen LogP contribution in [0.3, 0.4) is 0 Å². The maximum Gasteiger partial charge on any atom is 0.323 e. The average Bonchev–Trinajstić information content (AvgIpc) is 2.86. The number of urea groups is 1. The van der Waals surface area contributed by atoms with Crippen LogP contribution in [0.2, 0.25) is 0 Å². The third kappa shape index (κ3) is 3.56. The molecule has 1 aliphatic heterocycles. The SMILES string of the molecule is CC(C)(C)c1ccc(NC(=O)Nc2ccc3c(c2)CC(=O)N3)cc1. The monoisotopic (exact) mass is 323 g/mol. The lowest BCUT2D eigenvalue weighted by atomic mass is 9.87. The van der Waals surface area contributed by atoms with Crippen molar-refractivity contribution in [1.82, 2.24) is 0 Å². The molecule has 0 unspecified atom stereocenters. The number of nitrogens with one attached hydrogen (secondary N) is 3. The van der Waals surface area contributed by atoms with Crippen molar-refractivity contribution in [2.24, 2.45) is 0 Å². The Morgan fingerprint density at radius 3 is 2.29 bits per heavy atom. The normalized spacial score (nSPS) is 13.2. The second-order valence-electron chi connectivity index (χ2n) is 7.00. The zero-order valence-corrected chi connectivity index (χ0v) is 14.1. The maximum atomic E-state index is 12.1. The van der Waals surface area contributed by atoms with Crippen molar-refractivity contribution in [3.8, 4) is 0 Å². The quantitative estimate of drug-likeness (QED) is 0.778. The first-order valence-corrected chi connectivity index (χ1v) is 7.92. The van der Waals surface area contributed by atoms with Crippen molar-refractivity contribution in [1.29, 1.82) is 0 Å². The van der Waals surface area contributed by atoms with Crippen molar-refractivity contribution in [3.63, 3.8) is 0 Å². The summed E-state index contributed by atoms with van der Waals surface area (Å²) in [6.45, 7) is 6.45. The first kappa shape index (κ1) is 16.1. The summed E-state index contributed by atoms with van der Waals surface area (Å²) in [4.78, 5) is 23.5. The third-order valence-corrected chi connectivity index (χ3v) is 4.00. The van der Waals surface area contributed by atoms with E-state index >= 15 is 0 Å². The van der Waals surface area contributed by atoms with Gasteiger partial charge >= 0.3 is 6.03 Å². The fourth-order valence-corrected chi connectivity index (χ4v) is 2.65. The van der Waals surface area contributed by atoms with Crippen LogP contribution >= 0.6 is 0 Å². The lowest BCUT2D eigenvalue weighted by Crippen LogP contribution is -2.19. The summed E-state index contributed by atoms with van der Waals surface area (Å²) >= 11 is 0. The summed E-state index contributed by atoms with van der Waals surface area (Å²) in [7, 11) is 0. The van der Waals surface area contributed by atoms with Gasteiger partial charge in [-0.3, -0.25) is 4.79 Å². The molecule has 0 saturated heterocycles. The standard InChI is InChI=1S/C19H21N3O2/c1-19(2,3)13-4-6-14(7-5-13)20-18(24)21-15-8-9-16-12(10-15)11-17(23)22-16/h4-10H,11H2,1-3H3,(H,22,23)(H2,20,21,24). The maximum absolute atomic E-state index is 12.1. The molecule has 3 N–H and O–H groups in total. The third-order valence-electron chi connectivity index (χ3n) is 4.00. The summed E-state index contributed by atoms with van der Waals surface area (Å²) in [6.07, 6.45) is 0.348. The fourth-order valence-electron chi connectivity index (χ4n) is 2.65. The van der Waals surface area contributed by atoms with Crippen molar-refractivity contribution >= 4 is 29.0 Å². The topological polar surface area (TPSA) is 70.2 Å². The van der Waals surface area contributed by atoms with E-state index in [-0.39, 0.29) is 17.4 Å². The molecule has 1 aliphatic rings. The lowest BCUT2D eigenvalue weighted by molar-refractivity contribution is -0.115. The number of anilines is 3. The zero-order chi connectivity index (χ0) is 17.3. The summed E-state index contributed by atoms with van der Waals surface area (Å²) in [5.74, 6) is -0.0226. The molecule has 0 bridgehead atoms. The van der Waals surface area contributed by atoms with Gasteiger partial charge in [0.05, 0.1) is 6.42 Å². The first-order valence-electron chi connectivity index (χ1n) is 7.92. The minimum absolute atomic E-state index is 0.0226. The molecule has 0 spiro atoms. The molecule has 1 heterocycles. The van der Waals surface area contributed by atoms with Crippen molar-refractivity contribution < 1.29 is 9.59 Å². The van der Waals surface area contributed by atoms with Gasteiger partial charge in [0.1, 0.15) is 0 Å². The van der Waals surface area contributed by atoms with E-state index in [1.54, 1.807) is 12.1 Å². The van der Waals surface area contributed by atoms with E-state index in [0.717, 1.165) is 16.9 Å². The Balaban J connectivity index is 1.64. The summed E-state index contributed by atoms with van der Waals surface area (Å²) in [5.41, 5.74) is 4.39. The second kappa shape index (κ2) is 6.00. The molecule has 2 aromatic rings. The van der Waals surface area contributed by atoms with Gasteiger partial charge in [0, 0.05) is 17.1 Å². The van der Waals surface area contributed by atoms with Crippen LogP contribution in [0.4, 0.5) is 21.9 Å². The molecule has 0 radical (unpaired) electrons. The van der Waals surface area contributed by atoms with Crippen LogP contribution in [0.15, 0.2) is 42.5 Å². The number of fused-ring (bicyclic) bond motifs is 1. The van der Waals surface area contributed by atoms with E-state index in [1.807, 2.05) is 30.3 Å². The number of carbonyl (C=O) groups excluding carboxylic acids is 2. The van der Waals surface area contributed by atoms with Crippen molar-refractivity contribution in [3.05, 3.63) is 53.6 Å². The molecular weight excluding hydrogens is 302 g/mol. The van der Waals surface area contributed by atoms with Crippen LogP contribution in [0, 0.1) is 0 Å². The smallest absolute Gasteiger partial charge is 0.323 e. The number of amides is 3. The van der Waals surface area contributed by atoms with Gasteiger partial charge in [-0.05, 0) is 46.9 Å². The van der Waals surface area contributed by atoms with E-state index in [4.69, 9.17) is 0 Å². The highest BCUT2D eigenvalue weighted by Gasteiger charge is 2.18. The Morgan fingerprint density at radius 1 is 1.00 bits per heavy atom. The molecule has 124 valence electrons. The Bertz CT molecular complexity index is 789. The van der Waals surface area contributed by atoms with Gasteiger partial charge in [0.25, 0.3) is 0 Å². The Hall–Kier alpha value is -2.82. The van der Waals surface area contributed by atoms with E-state index in [0.29, 0.717) is 12.1 Å². The summed E-state index contributed by atoms with van der Waals surface area (Å²) < 4.78 is 0. The van der Waals surface area contributed by atoms with E-state index in [9.17, 15) is 9.59 Å². The Labute approximate surface area is 141 Å². The minimum Gasteiger partial charge on any atom is -0.326 e. The van der Waals surface area contributed by atoms with Crippen molar-refractivity contribution in [2.45, 2.75) is 32.6 Å². The molecule has 5 heteroatoms. The molecule has 24 heavy (non-hydrogen) atoms. The average molecular weight is 323 g/mol. The fraction of sp³-hybridized carbons (Fsp3) is 0.263. The largest absolute Gasteiger partial charge is 0.326 e. The number of benzene rings is 2. The van der Waals surface area contributed by atoms with Crippen LogP contribution in [0.5, 0.6) is 0 Å². The number of carbonyl (C=O) groups is 2. The van der Waals surface area contributed by atoms with Gasteiger partial charge in [0.15, 0.2) is 0 Å². The molecule has 0 saturated carbocycles. The lowest BCUT2D eigenvalue weighted by Gasteiger charge is -2.19. The molecular formula is C19H21N3O2. The van der Waals surface area contributed by atoms with Gasteiger partial charge in [-0.1, -0.05) is 32.9 Å². The molecule has 0 aliphatic carbocycles. The molecule has 3 rings (SSSR count). The summed E-state index contributed by atoms with van der Waals surface area (Å²) in [5, 5.41) is 8.37. The highest BCUT2D eigenvalue weighted by atomic mass is 16.2.